The van der Waals surface area contributed by atoms with Crippen LogP contribution in [-0.2, 0) is 70.3 Å². The van der Waals surface area contributed by atoms with Crippen LogP contribution in [0.15, 0.2) is 0 Å². The summed E-state index contributed by atoms with van der Waals surface area (Å²) in [5.41, 5.74) is 0. The Bertz CT molecular complexity index is 2490. The van der Waals surface area contributed by atoms with E-state index in [1.165, 1.54) is 13.8 Å². The maximum atomic E-state index is 17.7. The van der Waals surface area contributed by atoms with Crippen molar-refractivity contribution in [1.29, 1.82) is 0 Å². The molecule has 7 heterocycles. The van der Waals surface area contributed by atoms with Gasteiger partial charge in [-0.15, -0.1) is 0 Å². The predicted octanol–water partition coefficient (Wildman–Crippen LogP) is 13.6. The van der Waals surface area contributed by atoms with Gasteiger partial charge in [-0.1, -0.05) is 53.4 Å². The van der Waals surface area contributed by atoms with Crippen LogP contribution >= 0.6 is 0 Å². The first-order valence-corrected chi connectivity index (χ1v) is 50.9. The summed E-state index contributed by atoms with van der Waals surface area (Å²) < 4.78 is 479. The van der Waals surface area contributed by atoms with Crippen molar-refractivity contribution in [2.45, 2.75) is 225 Å². The molecule has 54 heteroatoms. The van der Waals surface area contributed by atoms with E-state index in [1.807, 2.05) is 0 Å². The molecule has 7 fully saturated rings. The monoisotopic (exact) mass is 1570 g/mol. The van der Waals surface area contributed by atoms with Crippen LogP contribution in [0.4, 0.5) is 105 Å². The van der Waals surface area contributed by atoms with E-state index in [9.17, 15) is 18.0 Å². The van der Waals surface area contributed by atoms with Crippen LogP contribution in [0.2, 0.25) is 72.5 Å². The van der Waals surface area contributed by atoms with E-state index >= 15 is 92.2 Å². The number of alkyl halides is 24. The molecule has 7 aliphatic heterocycles. The molecule has 18 nitrogen and oxygen atoms in total. The highest BCUT2D eigenvalue weighted by atomic mass is 28.6. The van der Waals surface area contributed by atoms with E-state index in [4.69, 9.17) is 70.3 Å². The molecule has 1 N–H and O–H groups in total. The molecule has 0 radical (unpaired) electrons. The van der Waals surface area contributed by atoms with Gasteiger partial charge in [0.2, 0.25) is 5.22 Å². The summed E-state index contributed by atoms with van der Waals surface area (Å²) in [4.78, 5) is 13.3. The second-order valence-corrected chi connectivity index (χ2v) is 58.5. The van der Waals surface area contributed by atoms with Crippen LogP contribution in [-0.4, -0.2) is 165 Å². The van der Waals surface area contributed by atoms with Gasteiger partial charge in [-0.2, -0.15) is 105 Å². The van der Waals surface area contributed by atoms with E-state index in [2.05, 4.69) is 0 Å². The summed E-state index contributed by atoms with van der Waals surface area (Å²) in [5, 5.41) is -5.24. The average Bonchev–Trinajstić information content (AvgIpc) is 1.47. The lowest BCUT2D eigenvalue weighted by Gasteiger charge is -2.57. The van der Waals surface area contributed by atoms with Crippen molar-refractivity contribution in [3.05, 3.63) is 0 Å². The Kier molecular flexibility index (Phi) is 22.5. The van der Waals surface area contributed by atoms with Crippen molar-refractivity contribution < 1.29 is 180 Å². The highest BCUT2D eigenvalue weighted by Crippen LogP contribution is 2.64. The third kappa shape index (κ3) is 18.9. The van der Waals surface area contributed by atoms with Gasteiger partial charge in [-0.25, -0.2) is 0 Å². The SMILES string of the molecule is CCC[Si]1(O)O[Si]2(CCC)O[Si]3(CCC(F)(F)F)O[SiH](CCC(F)(F)F)O[Si]4(CCC(F)(F)F)O[Si]5(CCC(F)(F)F)OC6(C(F)(F)F)C[Si]7(O4)O[Si](CCC)(O3)O[Si](CCC)(O2)O[Si](CCC(F)(F)F)(O[Si](CCC(F)(F)F)(O1)O5)O[Si]6(CCC(F)(F)F)O7. The summed E-state index contributed by atoms with van der Waals surface area (Å²) in [7, 11) is -81.8. The average molecular weight is 1570 g/mol. The Balaban J connectivity index is 1.90. The first-order chi connectivity index (χ1) is 40.6. The van der Waals surface area contributed by atoms with Gasteiger partial charge in [-0.05, 0) is 6.04 Å². The first kappa shape index (κ1) is 77.6. The maximum Gasteiger partial charge on any atom is 0.487 e. The minimum absolute atomic E-state index is 0.554. The second-order valence-electron chi connectivity index (χ2n) is 22.2. The highest BCUT2D eigenvalue weighted by Gasteiger charge is 2.92. The number of hydrogen-bond acceptors (Lipinski definition) is 18. The van der Waals surface area contributed by atoms with Gasteiger partial charge in [0.1, 0.15) is 0 Å². The van der Waals surface area contributed by atoms with E-state index in [0.717, 1.165) is 13.8 Å². The third-order valence-electron chi connectivity index (χ3n) is 14.1. The van der Waals surface area contributed by atoms with Gasteiger partial charge >= 0.3 is 155 Å². The summed E-state index contributed by atoms with van der Waals surface area (Å²) in [6.45, 7) is 4.59. The number of rotatable bonds is 22. The Hall–Kier alpha value is 0.203. The molecule has 7 aliphatic rings. The van der Waals surface area contributed by atoms with Crippen molar-refractivity contribution in [2.75, 3.05) is 0 Å². The van der Waals surface area contributed by atoms with Gasteiger partial charge in [0.25, 0.3) is 0 Å². The van der Waals surface area contributed by atoms with Crippen molar-refractivity contribution in [2.24, 2.45) is 0 Å². The zero-order valence-corrected chi connectivity index (χ0v) is 59.5. The van der Waals surface area contributed by atoms with E-state index in [0.29, 0.717) is 0 Å². The fourth-order valence-electron chi connectivity index (χ4n) is 10.9. The van der Waals surface area contributed by atoms with Gasteiger partial charge in [0.15, 0.2) is 0 Å². The Morgan fingerprint density at radius 3 is 1.00 bits per heavy atom. The minimum atomic E-state index is -7.71. The molecular weight excluding hydrogens is 1510 g/mol. The molecule has 0 amide bonds. The first-order valence-electron chi connectivity index (χ1n) is 27.7. The van der Waals surface area contributed by atoms with Crippen molar-refractivity contribution in [1.82, 2.24) is 0 Å². The number of hydrogen-bond donors (Lipinski definition) is 1. The molecule has 0 saturated carbocycles. The zero-order valence-electron chi connectivity index (χ0n) is 47.3. The fraction of sp³-hybridized carbons (Fsp3) is 1.00. The highest BCUT2D eigenvalue weighted by molar-refractivity contribution is 7.03. The molecule has 90 heavy (non-hydrogen) atoms. The topological polar surface area (TPSA) is 177 Å². The lowest BCUT2D eigenvalue weighted by atomic mass is 10.4. The Labute approximate surface area is 510 Å². The van der Waals surface area contributed by atoms with Crippen molar-refractivity contribution in [3.63, 3.8) is 0 Å². The molecule has 7 rings (SSSR count). The van der Waals surface area contributed by atoms with Crippen LogP contribution in [0.3, 0.4) is 0 Å². The lowest BCUT2D eigenvalue weighted by molar-refractivity contribution is -0.229. The van der Waals surface area contributed by atoms with E-state index in [-0.39, 0.29) is 0 Å². The van der Waals surface area contributed by atoms with Gasteiger partial charge in [0.05, 0.1) is 6.04 Å². The fourth-order valence-corrected chi connectivity index (χ4v) is 83.3. The summed E-state index contributed by atoms with van der Waals surface area (Å²) in [6, 6.07) is -22.9. The van der Waals surface area contributed by atoms with Gasteiger partial charge in [-0.3, -0.25) is 0 Å². The van der Waals surface area contributed by atoms with Crippen LogP contribution in [0.5, 0.6) is 0 Å². The van der Waals surface area contributed by atoms with Crippen LogP contribution in [0.25, 0.3) is 0 Å². The summed E-state index contributed by atoms with van der Waals surface area (Å²) >= 11 is 0. The maximum absolute atomic E-state index is 17.7. The van der Waals surface area contributed by atoms with Crippen molar-refractivity contribution in [3.8, 4) is 0 Å². The summed E-state index contributed by atoms with van der Waals surface area (Å²) in [5.74, 6) is 0. The van der Waals surface area contributed by atoms with Crippen LogP contribution in [0, 0.1) is 0 Å². The normalized spacial score (nSPS) is 39.8. The third-order valence-corrected chi connectivity index (χ3v) is 68.5. The molecular formula is C36H60F24O18Si12. The van der Waals surface area contributed by atoms with E-state index < -0.39 is 304 Å². The van der Waals surface area contributed by atoms with Crippen LogP contribution in [0.1, 0.15) is 98.3 Å². The second kappa shape index (κ2) is 26.1. The number of fused-ring (bicyclic) bond motifs is 5. The summed E-state index contributed by atoms with van der Waals surface area (Å²) in [6.07, 6.45) is -67.1. The molecule has 0 aromatic heterocycles. The van der Waals surface area contributed by atoms with E-state index in [1.54, 1.807) is 0 Å². The molecule has 11 bridgehead atoms. The Morgan fingerprint density at radius 1 is 0.322 bits per heavy atom. The van der Waals surface area contributed by atoms with Crippen molar-refractivity contribution >= 4 is 106 Å². The molecule has 528 valence electrons. The number of halogens is 24. The zero-order chi connectivity index (χ0) is 67.9. The van der Waals surface area contributed by atoms with Crippen LogP contribution < -0.4 is 0 Å². The quantitative estimate of drug-likeness (QED) is 0.0799. The molecule has 7 saturated heterocycles. The molecule has 13 atom stereocenters. The molecule has 0 aromatic rings. The standard InChI is InChI=1S/C36H60F24O18Si12/c1-5-17-81(61)67-85(18-6-2)71-84(24-13-33(49,50)51)64-79(16-9-29(37,38)39)63-83(23-12-32(46,47)48)69-82(22-11-31(43,44)45)62-28(36(58,59)60)27-90(73-83)66-80(28,21-10-30(40,41)42)65-88(25-14-34(52,53)54,77-89(68-81,70-82)26-15-35(55,56)57)76-87(74-85,20-8-4)75-86(72-84,78-90)19-7-3/h61,79H,5-27H2,1-4H3. The molecule has 0 aliphatic carbocycles. The molecule has 13 unspecified atom stereocenters. The van der Waals surface area contributed by atoms with Gasteiger partial charge < -0.3 is 75.1 Å². The Morgan fingerprint density at radius 2 is 0.611 bits per heavy atom. The van der Waals surface area contributed by atoms with Gasteiger partial charge in [0, 0.05) is 105 Å². The molecule has 1 spiro atoms. The minimum Gasteiger partial charge on any atom is -0.397 e. The largest absolute Gasteiger partial charge is 0.487 e. The predicted molar refractivity (Wildman–Crippen MR) is 273 cm³/mol. The smallest absolute Gasteiger partial charge is 0.397 e. The lowest BCUT2D eigenvalue weighted by Crippen LogP contribution is -2.82. The molecule has 0 aromatic carbocycles.